The molecule has 0 fully saturated rings. The predicted octanol–water partition coefficient (Wildman–Crippen LogP) is 5.34. The van der Waals surface area contributed by atoms with Crippen molar-refractivity contribution in [3.63, 3.8) is 0 Å². The van der Waals surface area contributed by atoms with Crippen molar-refractivity contribution in [1.29, 1.82) is 0 Å². The molecule has 0 aliphatic rings. The van der Waals surface area contributed by atoms with Crippen molar-refractivity contribution in [3.05, 3.63) is 107 Å². The molecule has 186 valence electrons. The number of aryl methyl sites for hydroxylation is 1. The third-order valence-corrected chi connectivity index (χ3v) is 5.72. The highest BCUT2D eigenvalue weighted by Gasteiger charge is 2.17. The van der Waals surface area contributed by atoms with Crippen LogP contribution in [0.4, 0.5) is 8.78 Å². The van der Waals surface area contributed by atoms with E-state index < -0.39 is 12.0 Å². The molecule has 4 rings (SSSR count). The van der Waals surface area contributed by atoms with Crippen LogP contribution >= 0.6 is 0 Å². The van der Waals surface area contributed by atoms with Crippen molar-refractivity contribution >= 4 is 5.97 Å². The van der Waals surface area contributed by atoms with Gasteiger partial charge < -0.3 is 19.6 Å². The van der Waals surface area contributed by atoms with Crippen molar-refractivity contribution in [2.45, 2.75) is 32.4 Å². The third kappa shape index (κ3) is 6.76. The minimum atomic E-state index is -0.958. The Bertz CT molecular complexity index is 1290. The topological polar surface area (TPSA) is 84.6 Å². The Hall–Kier alpha value is -4.04. The lowest BCUT2D eigenvalue weighted by Gasteiger charge is -2.15. The van der Waals surface area contributed by atoms with Crippen molar-refractivity contribution in [1.82, 2.24) is 10.3 Å². The molecule has 3 aromatic carbocycles. The number of oxazole rings is 1. The lowest BCUT2D eigenvalue weighted by atomic mass is 10.1. The van der Waals surface area contributed by atoms with Crippen LogP contribution in [0, 0.1) is 18.6 Å². The maximum absolute atomic E-state index is 13.1. The Balaban J connectivity index is 1.28. The molecule has 0 radical (unpaired) electrons. The van der Waals surface area contributed by atoms with Gasteiger partial charge in [-0.3, -0.25) is 4.79 Å². The zero-order valence-electron chi connectivity index (χ0n) is 19.7. The normalized spacial score (nSPS) is 11.9. The minimum absolute atomic E-state index is 0.293. The fraction of sp³-hybridized carbons (Fsp3) is 0.214. The largest absolute Gasteiger partial charge is 0.493 e. The number of aromatic nitrogens is 1. The van der Waals surface area contributed by atoms with Crippen LogP contribution in [-0.4, -0.2) is 28.7 Å². The van der Waals surface area contributed by atoms with Gasteiger partial charge in [0.25, 0.3) is 0 Å². The summed E-state index contributed by atoms with van der Waals surface area (Å²) in [4.78, 5) is 16.2. The number of hydrogen-bond acceptors (Lipinski definition) is 5. The van der Waals surface area contributed by atoms with E-state index in [1.54, 1.807) is 36.4 Å². The number of benzene rings is 3. The molecule has 8 heteroatoms. The van der Waals surface area contributed by atoms with Gasteiger partial charge in [-0.15, -0.1) is 0 Å². The minimum Gasteiger partial charge on any atom is -0.493 e. The van der Waals surface area contributed by atoms with E-state index in [4.69, 9.17) is 9.15 Å². The van der Waals surface area contributed by atoms with Gasteiger partial charge in [0.05, 0.1) is 12.3 Å². The molecular weight excluding hydrogens is 466 g/mol. The number of carboxylic acids is 1. The summed E-state index contributed by atoms with van der Waals surface area (Å²) in [5.74, 6) is 0.169. The second kappa shape index (κ2) is 11.6. The molecule has 0 spiro atoms. The molecule has 0 saturated carbocycles. The molecule has 1 atom stereocenters. The van der Waals surface area contributed by atoms with Gasteiger partial charge in [-0.25, -0.2) is 13.8 Å². The molecule has 1 unspecified atom stereocenters. The van der Waals surface area contributed by atoms with Crippen LogP contribution in [0.25, 0.3) is 11.5 Å². The fourth-order valence-electron chi connectivity index (χ4n) is 3.69. The van der Waals surface area contributed by atoms with Crippen LogP contribution in [0.15, 0.2) is 77.2 Å². The predicted molar refractivity (Wildman–Crippen MR) is 131 cm³/mol. The molecule has 0 bridgehead atoms. The second-order valence-electron chi connectivity index (χ2n) is 8.37. The number of nitrogens with one attached hydrogen (secondary N) is 1. The average Bonchev–Trinajstić information content (AvgIpc) is 3.24. The van der Waals surface area contributed by atoms with E-state index >= 15 is 0 Å². The van der Waals surface area contributed by atoms with Crippen molar-refractivity contribution < 1.29 is 27.8 Å². The SMILES string of the molecule is Cc1oc(-c2ccc(F)cc2)nc1CCOc1ccc(CC(NCc2ccc(F)cc2)C(=O)O)cc1. The summed E-state index contributed by atoms with van der Waals surface area (Å²) in [6.45, 7) is 2.53. The molecular formula is C28H26F2N2O4. The number of hydrogen-bond donors (Lipinski definition) is 2. The first-order valence-electron chi connectivity index (χ1n) is 11.5. The fourth-order valence-corrected chi connectivity index (χ4v) is 3.69. The number of rotatable bonds is 11. The average molecular weight is 493 g/mol. The first-order chi connectivity index (χ1) is 17.4. The maximum Gasteiger partial charge on any atom is 0.321 e. The van der Waals surface area contributed by atoms with Gasteiger partial charge in [0, 0.05) is 18.5 Å². The number of aliphatic carboxylic acids is 1. The first kappa shape index (κ1) is 25.1. The molecule has 4 aromatic rings. The van der Waals surface area contributed by atoms with Crippen molar-refractivity contribution in [3.8, 4) is 17.2 Å². The zero-order valence-corrected chi connectivity index (χ0v) is 19.7. The molecule has 2 N–H and O–H groups in total. The van der Waals surface area contributed by atoms with E-state index in [1.807, 2.05) is 19.1 Å². The molecule has 0 aliphatic heterocycles. The summed E-state index contributed by atoms with van der Waals surface area (Å²) in [7, 11) is 0. The van der Waals surface area contributed by atoms with E-state index in [0.29, 0.717) is 49.0 Å². The Labute approximate surface area is 207 Å². The summed E-state index contributed by atoms with van der Waals surface area (Å²) in [5, 5.41) is 12.6. The van der Waals surface area contributed by atoms with Crippen LogP contribution in [0.2, 0.25) is 0 Å². The third-order valence-electron chi connectivity index (χ3n) is 5.72. The summed E-state index contributed by atoms with van der Waals surface area (Å²) in [6.07, 6.45) is 0.827. The van der Waals surface area contributed by atoms with Gasteiger partial charge in [-0.1, -0.05) is 24.3 Å². The van der Waals surface area contributed by atoms with Crippen LogP contribution in [0.1, 0.15) is 22.6 Å². The summed E-state index contributed by atoms with van der Waals surface area (Å²) in [5.41, 5.74) is 3.12. The molecule has 0 saturated heterocycles. The Morgan fingerprint density at radius 3 is 2.22 bits per heavy atom. The van der Waals surface area contributed by atoms with E-state index in [-0.39, 0.29) is 11.6 Å². The highest BCUT2D eigenvalue weighted by atomic mass is 19.1. The van der Waals surface area contributed by atoms with E-state index in [0.717, 1.165) is 16.8 Å². The number of carbonyl (C=O) groups is 1. The van der Waals surface area contributed by atoms with E-state index in [2.05, 4.69) is 10.3 Å². The number of carboxylic acid groups (broad SMARTS) is 1. The molecule has 1 heterocycles. The highest BCUT2D eigenvalue weighted by molar-refractivity contribution is 5.74. The molecule has 0 amide bonds. The van der Waals surface area contributed by atoms with Gasteiger partial charge in [0.15, 0.2) is 0 Å². The van der Waals surface area contributed by atoms with Crippen LogP contribution in [-0.2, 0) is 24.2 Å². The van der Waals surface area contributed by atoms with Gasteiger partial charge in [-0.2, -0.15) is 0 Å². The van der Waals surface area contributed by atoms with Crippen LogP contribution < -0.4 is 10.1 Å². The molecule has 6 nitrogen and oxygen atoms in total. The summed E-state index contributed by atoms with van der Waals surface area (Å²) < 4.78 is 37.7. The van der Waals surface area contributed by atoms with Crippen molar-refractivity contribution in [2.24, 2.45) is 0 Å². The molecule has 0 aliphatic carbocycles. The monoisotopic (exact) mass is 492 g/mol. The van der Waals surface area contributed by atoms with Crippen LogP contribution in [0.3, 0.4) is 0 Å². The smallest absolute Gasteiger partial charge is 0.321 e. The summed E-state index contributed by atoms with van der Waals surface area (Å²) in [6, 6.07) is 18.4. The Morgan fingerprint density at radius 2 is 1.58 bits per heavy atom. The number of nitrogens with zero attached hydrogens (tertiary/aromatic N) is 1. The number of ether oxygens (including phenoxy) is 1. The van der Waals surface area contributed by atoms with E-state index in [9.17, 15) is 18.7 Å². The lowest BCUT2D eigenvalue weighted by Crippen LogP contribution is -2.38. The second-order valence-corrected chi connectivity index (χ2v) is 8.37. The Kier molecular flexibility index (Phi) is 8.07. The first-order valence-corrected chi connectivity index (χ1v) is 11.5. The van der Waals surface area contributed by atoms with Gasteiger partial charge >= 0.3 is 5.97 Å². The Morgan fingerprint density at radius 1 is 0.972 bits per heavy atom. The maximum atomic E-state index is 13.1. The molecule has 36 heavy (non-hydrogen) atoms. The van der Waals surface area contributed by atoms with Gasteiger partial charge in [0.1, 0.15) is 29.2 Å². The quantitative estimate of drug-likeness (QED) is 0.294. The molecule has 1 aromatic heterocycles. The summed E-state index contributed by atoms with van der Waals surface area (Å²) >= 11 is 0. The van der Waals surface area contributed by atoms with Crippen LogP contribution in [0.5, 0.6) is 5.75 Å². The van der Waals surface area contributed by atoms with E-state index in [1.165, 1.54) is 24.3 Å². The van der Waals surface area contributed by atoms with Crippen molar-refractivity contribution in [2.75, 3.05) is 6.61 Å². The number of halogens is 2. The lowest BCUT2D eigenvalue weighted by molar-refractivity contribution is -0.139. The standard InChI is InChI=1S/C28H26F2N2O4/c1-18-25(32-27(36-18)21-6-10-23(30)11-7-21)14-15-35-24-12-4-19(5-13-24)16-26(28(33)34)31-17-20-2-8-22(29)9-3-20/h2-13,26,31H,14-17H2,1H3,(H,33,34). The van der Waals surface area contributed by atoms with Gasteiger partial charge in [0.2, 0.25) is 5.89 Å². The highest BCUT2D eigenvalue weighted by Crippen LogP contribution is 2.22. The van der Waals surface area contributed by atoms with Gasteiger partial charge in [-0.05, 0) is 73.0 Å². The zero-order chi connectivity index (χ0) is 25.5.